The Morgan fingerprint density at radius 1 is 1.17 bits per heavy atom. The number of amides is 1. The largest absolute Gasteiger partial charge is 0.311 e. The van der Waals surface area contributed by atoms with Crippen LogP contribution in [0.4, 0.5) is 5.69 Å². The minimum Gasteiger partial charge on any atom is -0.311 e. The van der Waals surface area contributed by atoms with Crippen LogP contribution in [0.25, 0.3) is 6.08 Å². The highest BCUT2D eigenvalue weighted by Crippen LogP contribution is 2.30. The first-order chi connectivity index (χ1) is 10.8. The Morgan fingerprint density at radius 3 is 2.39 bits per heavy atom. The number of carbonyl (C=O) groups excluding carboxylic acids is 1. The summed E-state index contributed by atoms with van der Waals surface area (Å²) in [5.74, 6) is -0.0124. The van der Waals surface area contributed by atoms with Crippen LogP contribution in [-0.4, -0.2) is 13.0 Å². The summed E-state index contributed by atoms with van der Waals surface area (Å²) < 4.78 is 0.952. The molecule has 0 atom stereocenters. The van der Waals surface area contributed by atoms with Crippen LogP contribution < -0.4 is 4.90 Å². The van der Waals surface area contributed by atoms with Crippen LogP contribution in [0.5, 0.6) is 0 Å². The van der Waals surface area contributed by atoms with E-state index in [9.17, 15) is 4.79 Å². The molecular weight excluding hydrogens is 397 g/mol. The molecule has 0 fully saturated rings. The molecule has 0 bridgehead atoms. The van der Waals surface area contributed by atoms with Gasteiger partial charge in [0, 0.05) is 10.6 Å². The lowest BCUT2D eigenvalue weighted by atomic mass is 9.86. The third kappa shape index (κ3) is 3.83. The summed E-state index contributed by atoms with van der Waals surface area (Å²) in [6.07, 6.45) is 1.81. The van der Waals surface area contributed by atoms with E-state index < -0.39 is 0 Å². The fourth-order valence-electron chi connectivity index (χ4n) is 2.41. The second kappa shape index (κ2) is 6.87. The highest BCUT2D eigenvalue weighted by atomic mass is 127. The number of nitrogens with zero attached hydrogens (tertiary/aromatic N) is 1. The van der Waals surface area contributed by atoms with Crippen molar-refractivity contribution in [2.45, 2.75) is 26.2 Å². The molecule has 1 amide bonds. The van der Waals surface area contributed by atoms with Gasteiger partial charge in [0.15, 0.2) is 0 Å². The summed E-state index contributed by atoms with van der Waals surface area (Å²) in [7, 11) is 1.81. The molecule has 0 aliphatic carbocycles. The minimum absolute atomic E-state index is 0.0124. The average molecular weight is 419 g/mol. The van der Waals surface area contributed by atoms with Gasteiger partial charge in [0.2, 0.25) is 0 Å². The molecule has 3 heteroatoms. The van der Waals surface area contributed by atoms with E-state index in [1.54, 1.807) is 4.90 Å². The Morgan fingerprint density at radius 2 is 1.83 bits per heavy atom. The van der Waals surface area contributed by atoms with Gasteiger partial charge >= 0.3 is 0 Å². The highest BCUT2D eigenvalue weighted by molar-refractivity contribution is 14.1. The van der Waals surface area contributed by atoms with E-state index >= 15 is 0 Å². The van der Waals surface area contributed by atoms with E-state index in [-0.39, 0.29) is 11.3 Å². The Balaban J connectivity index is 2.43. The number of hydrogen-bond acceptors (Lipinski definition) is 1. The number of hydrogen-bond donors (Lipinski definition) is 0. The molecule has 0 unspecified atom stereocenters. The van der Waals surface area contributed by atoms with E-state index in [2.05, 4.69) is 62.1 Å². The number of anilines is 1. The lowest BCUT2D eigenvalue weighted by Gasteiger charge is -2.24. The maximum atomic E-state index is 12.8. The molecule has 0 saturated heterocycles. The zero-order chi connectivity index (χ0) is 17.2. The van der Waals surface area contributed by atoms with Gasteiger partial charge in [-0.3, -0.25) is 4.79 Å². The molecule has 0 radical (unpaired) electrons. The van der Waals surface area contributed by atoms with E-state index in [1.807, 2.05) is 43.5 Å². The van der Waals surface area contributed by atoms with Crippen molar-refractivity contribution in [3.05, 3.63) is 69.3 Å². The van der Waals surface area contributed by atoms with Gasteiger partial charge in [-0.25, -0.2) is 0 Å². The predicted molar refractivity (Wildman–Crippen MR) is 107 cm³/mol. The molecule has 23 heavy (non-hydrogen) atoms. The third-order valence-corrected chi connectivity index (χ3v) is 4.82. The van der Waals surface area contributed by atoms with Crippen LogP contribution in [-0.2, 0) is 5.41 Å². The van der Waals surface area contributed by atoms with E-state index in [0.29, 0.717) is 5.56 Å². The minimum atomic E-state index is -0.0124. The van der Waals surface area contributed by atoms with Crippen molar-refractivity contribution in [2.24, 2.45) is 0 Å². The van der Waals surface area contributed by atoms with Gasteiger partial charge in [-0.05, 0) is 63.4 Å². The number of halogens is 1. The fourth-order valence-corrected chi connectivity index (χ4v) is 3.03. The summed E-state index contributed by atoms with van der Waals surface area (Å²) in [6, 6.07) is 13.8. The Hall–Kier alpha value is -1.62. The summed E-state index contributed by atoms with van der Waals surface area (Å²) in [5.41, 5.74) is 3.85. The molecule has 0 saturated carbocycles. The average Bonchev–Trinajstić information content (AvgIpc) is 2.52. The number of benzene rings is 2. The van der Waals surface area contributed by atoms with Gasteiger partial charge in [0.25, 0.3) is 5.91 Å². The third-order valence-electron chi connectivity index (χ3n) is 3.88. The van der Waals surface area contributed by atoms with Crippen LogP contribution >= 0.6 is 22.6 Å². The normalized spacial score (nSPS) is 11.2. The summed E-state index contributed by atoms with van der Waals surface area (Å²) in [5, 5.41) is 0. The molecule has 2 aromatic rings. The lowest BCUT2D eigenvalue weighted by molar-refractivity contribution is 0.0992. The van der Waals surface area contributed by atoms with Crippen LogP contribution in [0, 0.1) is 3.57 Å². The van der Waals surface area contributed by atoms with Gasteiger partial charge in [0.1, 0.15) is 0 Å². The van der Waals surface area contributed by atoms with Crippen molar-refractivity contribution in [3.8, 4) is 0 Å². The summed E-state index contributed by atoms with van der Waals surface area (Å²) >= 11 is 2.19. The van der Waals surface area contributed by atoms with Crippen molar-refractivity contribution in [1.82, 2.24) is 0 Å². The second-order valence-corrected chi connectivity index (χ2v) is 7.73. The first-order valence-corrected chi connectivity index (χ1v) is 8.63. The lowest BCUT2D eigenvalue weighted by Crippen LogP contribution is -2.27. The number of rotatable bonds is 3. The first-order valence-electron chi connectivity index (χ1n) is 7.55. The highest BCUT2D eigenvalue weighted by Gasteiger charge is 2.20. The molecule has 2 aromatic carbocycles. The molecule has 2 nitrogen and oxygen atoms in total. The van der Waals surface area contributed by atoms with Crippen molar-refractivity contribution >= 4 is 40.3 Å². The molecule has 120 valence electrons. The van der Waals surface area contributed by atoms with E-state index in [4.69, 9.17) is 0 Å². The van der Waals surface area contributed by atoms with E-state index in [1.165, 1.54) is 5.56 Å². The van der Waals surface area contributed by atoms with Crippen LogP contribution in [0.15, 0.2) is 49.0 Å². The first kappa shape index (κ1) is 17.7. The molecule has 0 aliphatic rings. The standard InChI is InChI=1S/C20H22INO/c1-6-14-13-15(20(2,3)4)11-12-18(14)22(5)19(23)16-9-7-8-10-17(16)21/h6-13H,1H2,2-5H3. The van der Waals surface area contributed by atoms with Gasteiger partial charge in [-0.2, -0.15) is 0 Å². The molecule has 0 spiro atoms. The topological polar surface area (TPSA) is 20.3 Å². The van der Waals surface area contributed by atoms with Gasteiger partial charge in [0.05, 0.1) is 11.3 Å². The second-order valence-electron chi connectivity index (χ2n) is 6.57. The van der Waals surface area contributed by atoms with Crippen molar-refractivity contribution < 1.29 is 4.79 Å². The molecule has 0 aliphatic heterocycles. The number of carbonyl (C=O) groups is 1. The van der Waals surface area contributed by atoms with Crippen molar-refractivity contribution in [3.63, 3.8) is 0 Å². The zero-order valence-corrected chi connectivity index (χ0v) is 16.2. The maximum absolute atomic E-state index is 12.8. The molecule has 2 rings (SSSR count). The smallest absolute Gasteiger partial charge is 0.259 e. The van der Waals surface area contributed by atoms with E-state index in [0.717, 1.165) is 14.8 Å². The fraction of sp³-hybridized carbons (Fsp3) is 0.250. The Bertz CT molecular complexity index is 744. The predicted octanol–water partition coefficient (Wildman–Crippen LogP) is 5.51. The quantitative estimate of drug-likeness (QED) is 0.601. The van der Waals surface area contributed by atoms with Crippen molar-refractivity contribution in [2.75, 3.05) is 11.9 Å². The maximum Gasteiger partial charge on any atom is 0.259 e. The molecule has 0 N–H and O–H groups in total. The van der Waals surface area contributed by atoms with Crippen LogP contribution in [0.2, 0.25) is 0 Å². The SMILES string of the molecule is C=Cc1cc(C(C)(C)C)ccc1N(C)C(=O)c1ccccc1I. The molecule has 0 aromatic heterocycles. The zero-order valence-electron chi connectivity index (χ0n) is 14.1. The van der Waals surface area contributed by atoms with Gasteiger partial charge in [-0.15, -0.1) is 0 Å². The van der Waals surface area contributed by atoms with Crippen LogP contribution in [0.1, 0.15) is 42.3 Å². The van der Waals surface area contributed by atoms with Crippen molar-refractivity contribution in [1.29, 1.82) is 0 Å². The van der Waals surface area contributed by atoms with Crippen LogP contribution in [0.3, 0.4) is 0 Å². The summed E-state index contributed by atoms with van der Waals surface area (Å²) in [6.45, 7) is 10.4. The molecule has 0 heterocycles. The van der Waals surface area contributed by atoms with Gasteiger partial charge in [-0.1, -0.05) is 51.6 Å². The monoisotopic (exact) mass is 419 g/mol. The Kier molecular flexibility index (Phi) is 5.30. The molecular formula is C20H22INO. The van der Waals surface area contributed by atoms with Gasteiger partial charge < -0.3 is 4.90 Å². The summed E-state index contributed by atoms with van der Waals surface area (Å²) in [4.78, 5) is 14.5. The Labute approximate surface area is 152 Å².